The molecule has 7 nitrogen and oxygen atoms in total. The highest BCUT2D eigenvalue weighted by atomic mass is 16.4. The number of carbonyl (C=O) groups excluding carboxylic acids is 1. The first-order chi connectivity index (χ1) is 9.49. The first-order valence-corrected chi connectivity index (χ1v) is 6.14. The molecule has 0 aliphatic rings. The van der Waals surface area contributed by atoms with E-state index in [9.17, 15) is 9.59 Å². The van der Waals surface area contributed by atoms with Gasteiger partial charge in [-0.2, -0.15) is 0 Å². The Kier molecular flexibility index (Phi) is 3.99. The highest BCUT2D eigenvalue weighted by molar-refractivity contribution is 5.84. The molecule has 0 bridgehead atoms. The number of nitrogens with zero attached hydrogens (tertiary/aromatic N) is 2. The van der Waals surface area contributed by atoms with Gasteiger partial charge in [-0.25, -0.2) is 4.98 Å². The second-order valence-corrected chi connectivity index (χ2v) is 4.50. The molecule has 1 atom stereocenters. The maximum atomic E-state index is 11.6. The van der Waals surface area contributed by atoms with Crippen LogP contribution in [0.3, 0.4) is 0 Å². The van der Waals surface area contributed by atoms with Gasteiger partial charge in [0.1, 0.15) is 11.9 Å². The number of benzene rings is 1. The number of aromatic nitrogens is 2. The number of aryl methyl sites for hydroxylation is 1. The minimum Gasteiger partial charge on any atom is -0.480 e. The molecule has 20 heavy (non-hydrogen) atoms. The van der Waals surface area contributed by atoms with Gasteiger partial charge in [-0.3, -0.25) is 9.59 Å². The summed E-state index contributed by atoms with van der Waals surface area (Å²) in [6.07, 6.45) is -0.251. The van der Waals surface area contributed by atoms with Gasteiger partial charge in [-0.05, 0) is 12.1 Å². The lowest BCUT2D eigenvalue weighted by atomic mass is 10.2. The van der Waals surface area contributed by atoms with Crippen LogP contribution in [0, 0.1) is 0 Å². The molecule has 1 amide bonds. The van der Waals surface area contributed by atoms with Gasteiger partial charge in [0.05, 0.1) is 24.0 Å². The van der Waals surface area contributed by atoms with Crippen molar-refractivity contribution in [1.29, 1.82) is 0 Å². The minimum atomic E-state index is -1.19. The van der Waals surface area contributed by atoms with Crippen molar-refractivity contribution in [2.75, 3.05) is 0 Å². The van der Waals surface area contributed by atoms with E-state index in [0.717, 1.165) is 11.0 Å². The fourth-order valence-electron chi connectivity index (χ4n) is 1.89. The van der Waals surface area contributed by atoms with Gasteiger partial charge in [0, 0.05) is 7.05 Å². The Balaban J connectivity index is 2.01. The minimum absolute atomic E-state index is 0.232. The SMILES string of the molecule is Cn1c(CNC(=O)CC(N)C(=O)O)nc2ccccc21. The topological polar surface area (TPSA) is 110 Å². The van der Waals surface area contributed by atoms with E-state index in [2.05, 4.69) is 10.3 Å². The number of carboxylic acid groups (broad SMARTS) is 1. The maximum absolute atomic E-state index is 11.6. The van der Waals surface area contributed by atoms with E-state index in [1.807, 2.05) is 35.9 Å². The summed E-state index contributed by atoms with van der Waals surface area (Å²) < 4.78 is 1.88. The molecule has 0 radical (unpaired) electrons. The van der Waals surface area contributed by atoms with Gasteiger partial charge < -0.3 is 20.7 Å². The van der Waals surface area contributed by atoms with Gasteiger partial charge in [0.2, 0.25) is 5.91 Å². The lowest BCUT2D eigenvalue weighted by Crippen LogP contribution is -2.37. The standard InChI is InChI=1S/C13H16N4O3/c1-17-10-5-3-2-4-9(10)16-11(17)7-15-12(18)6-8(14)13(19)20/h2-5,8H,6-7,14H2,1H3,(H,15,18)(H,19,20). The van der Waals surface area contributed by atoms with Crippen LogP contribution in [0.25, 0.3) is 11.0 Å². The molecule has 7 heteroatoms. The zero-order valence-electron chi connectivity index (χ0n) is 11.0. The molecule has 1 heterocycles. The summed E-state index contributed by atoms with van der Waals surface area (Å²) in [4.78, 5) is 26.5. The number of hydrogen-bond donors (Lipinski definition) is 3. The average Bonchev–Trinajstić information content (AvgIpc) is 2.73. The number of rotatable bonds is 5. The predicted octanol–water partition coefficient (Wildman–Crippen LogP) is -0.00850. The number of amides is 1. The molecule has 0 spiro atoms. The van der Waals surface area contributed by atoms with E-state index in [4.69, 9.17) is 10.8 Å². The number of fused-ring (bicyclic) bond motifs is 1. The van der Waals surface area contributed by atoms with E-state index in [-0.39, 0.29) is 13.0 Å². The summed E-state index contributed by atoms with van der Waals surface area (Å²) in [5.41, 5.74) is 7.12. The molecular formula is C13H16N4O3. The van der Waals surface area contributed by atoms with Crippen molar-refractivity contribution in [2.45, 2.75) is 19.0 Å². The van der Waals surface area contributed by atoms with Gasteiger partial charge in [0.25, 0.3) is 0 Å². The summed E-state index contributed by atoms with van der Waals surface area (Å²) in [6.45, 7) is 0.232. The molecule has 4 N–H and O–H groups in total. The van der Waals surface area contributed by atoms with Crippen molar-refractivity contribution >= 4 is 22.9 Å². The molecule has 0 aliphatic heterocycles. The first-order valence-electron chi connectivity index (χ1n) is 6.14. The van der Waals surface area contributed by atoms with Crippen LogP contribution in [-0.4, -0.2) is 32.6 Å². The van der Waals surface area contributed by atoms with Crippen molar-refractivity contribution in [3.8, 4) is 0 Å². The van der Waals surface area contributed by atoms with Crippen molar-refractivity contribution in [1.82, 2.24) is 14.9 Å². The van der Waals surface area contributed by atoms with Crippen LogP contribution in [0.15, 0.2) is 24.3 Å². The molecule has 1 unspecified atom stereocenters. The lowest BCUT2D eigenvalue weighted by Gasteiger charge is -2.07. The maximum Gasteiger partial charge on any atom is 0.321 e. The third kappa shape index (κ3) is 2.94. The molecular weight excluding hydrogens is 260 g/mol. The first kappa shape index (κ1) is 14.0. The Morgan fingerprint density at radius 3 is 2.80 bits per heavy atom. The molecule has 0 aliphatic carbocycles. The predicted molar refractivity (Wildman–Crippen MR) is 72.8 cm³/mol. The Hall–Kier alpha value is -2.41. The molecule has 1 aromatic heterocycles. The van der Waals surface area contributed by atoms with Crippen molar-refractivity contribution < 1.29 is 14.7 Å². The number of imidazole rings is 1. The lowest BCUT2D eigenvalue weighted by molar-refractivity contribution is -0.140. The Morgan fingerprint density at radius 1 is 1.45 bits per heavy atom. The molecule has 2 rings (SSSR count). The largest absolute Gasteiger partial charge is 0.480 e. The van der Waals surface area contributed by atoms with Crippen LogP contribution in [-0.2, 0) is 23.2 Å². The number of carbonyl (C=O) groups is 2. The number of nitrogens with two attached hydrogens (primary N) is 1. The molecule has 0 saturated heterocycles. The van der Waals surface area contributed by atoms with E-state index in [0.29, 0.717) is 5.82 Å². The summed E-state index contributed by atoms with van der Waals surface area (Å²) in [6, 6.07) is 6.45. The molecule has 106 valence electrons. The number of carboxylic acids is 1. The van der Waals surface area contributed by atoms with Crippen molar-refractivity contribution in [3.63, 3.8) is 0 Å². The summed E-state index contributed by atoms with van der Waals surface area (Å²) in [7, 11) is 1.86. The van der Waals surface area contributed by atoms with E-state index in [1.165, 1.54) is 0 Å². The number of aliphatic carboxylic acids is 1. The third-order valence-electron chi connectivity index (χ3n) is 3.05. The summed E-state index contributed by atoms with van der Waals surface area (Å²) in [5.74, 6) is -0.904. The Morgan fingerprint density at radius 2 is 2.15 bits per heavy atom. The zero-order chi connectivity index (χ0) is 14.7. The van der Waals surface area contributed by atoms with Crippen LogP contribution in [0.5, 0.6) is 0 Å². The van der Waals surface area contributed by atoms with Crippen LogP contribution in [0.4, 0.5) is 0 Å². The van der Waals surface area contributed by atoms with Crippen LogP contribution in [0.1, 0.15) is 12.2 Å². The highest BCUT2D eigenvalue weighted by Crippen LogP contribution is 2.13. The number of nitrogens with one attached hydrogen (secondary N) is 1. The van der Waals surface area contributed by atoms with Gasteiger partial charge in [-0.1, -0.05) is 12.1 Å². The summed E-state index contributed by atoms with van der Waals surface area (Å²) >= 11 is 0. The quantitative estimate of drug-likeness (QED) is 0.711. The fourth-order valence-corrected chi connectivity index (χ4v) is 1.89. The molecule has 1 aromatic carbocycles. The molecule has 0 saturated carbocycles. The Bertz CT molecular complexity index is 650. The second-order valence-electron chi connectivity index (χ2n) is 4.50. The van der Waals surface area contributed by atoms with Gasteiger partial charge in [0.15, 0.2) is 0 Å². The third-order valence-corrected chi connectivity index (χ3v) is 3.05. The van der Waals surface area contributed by atoms with Crippen LogP contribution in [0.2, 0.25) is 0 Å². The van der Waals surface area contributed by atoms with E-state index < -0.39 is 17.9 Å². The smallest absolute Gasteiger partial charge is 0.321 e. The number of para-hydroxylation sites is 2. The van der Waals surface area contributed by atoms with Crippen LogP contribution >= 0.6 is 0 Å². The van der Waals surface area contributed by atoms with E-state index in [1.54, 1.807) is 0 Å². The number of hydrogen-bond acceptors (Lipinski definition) is 4. The monoisotopic (exact) mass is 276 g/mol. The van der Waals surface area contributed by atoms with Gasteiger partial charge in [-0.15, -0.1) is 0 Å². The van der Waals surface area contributed by atoms with Crippen molar-refractivity contribution in [3.05, 3.63) is 30.1 Å². The second kappa shape index (κ2) is 5.70. The zero-order valence-corrected chi connectivity index (χ0v) is 11.0. The fraction of sp³-hybridized carbons (Fsp3) is 0.308. The van der Waals surface area contributed by atoms with Gasteiger partial charge >= 0.3 is 5.97 Å². The van der Waals surface area contributed by atoms with Crippen LogP contribution < -0.4 is 11.1 Å². The Labute approximate surface area is 115 Å². The highest BCUT2D eigenvalue weighted by Gasteiger charge is 2.16. The molecule has 2 aromatic rings. The summed E-state index contributed by atoms with van der Waals surface area (Å²) in [5, 5.41) is 11.3. The van der Waals surface area contributed by atoms with Crippen molar-refractivity contribution in [2.24, 2.45) is 12.8 Å². The average molecular weight is 276 g/mol. The van der Waals surface area contributed by atoms with E-state index >= 15 is 0 Å². The molecule has 0 fully saturated rings. The normalized spacial score (nSPS) is 12.3.